The lowest BCUT2D eigenvalue weighted by Crippen LogP contribution is -2.28. The Kier molecular flexibility index (Phi) is 7.67. The van der Waals surface area contributed by atoms with Crippen LogP contribution in [-0.2, 0) is 10.0 Å². The first-order valence-corrected chi connectivity index (χ1v) is 14.3. The predicted molar refractivity (Wildman–Crippen MR) is 144 cm³/mol. The molecule has 4 aromatic rings. The molecule has 4 rings (SSSR count). The molecule has 0 saturated carbocycles. The molecule has 0 radical (unpaired) electrons. The summed E-state index contributed by atoms with van der Waals surface area (Å²) in [6, 6.07) is 15.9. The molecule has 0 bridgehead atoms. The van der Waals surface area contributed by atoms with Gasteiger partial charge in [-0.15, -0.1) is 11.8 Å². The highest BCUT2D eigenvalue weighted by Crippen LogP contribution is 2.35. The van der Waals surface area contributed by atoms with E-state index in [-0.39, 0.29) is 24.6 Å². The SMILES string of the molecule is CSc1ccccc1-c1nc(NCCNS(C)(=O)=O)nc2c1ccc(=O)n2-c1c(Cl)cccc1Cl. The lowest BCUT2D eigenvalue weighted by atomic mass is 10.1. The topological polar surface area (TPSA) is 106 Å². The Morgan fingerprint density at radius 3 is 2.37 bits per heavy atom. The van der Waals surface area contributed by atoms with E-state index in [1.54, 1.807) is 36.0 Å². The number of hydrogen-bond donors (Lipinski definition) is 2. The Morgan fingerprint density at radius 1 is 0.971 bits per heavy atom. The number of aromatic nitrogens is 3. The Balaban J connectivity index is 1.97. The number of rotatable bonds is 8. The van der Waals surface area contributed by atoms with Gasteiger partial charge in [-0.25, -0.2) is 18.1 Å². The van der Waals surface area contributed by atoms with Crippen molar-refractivity contribution in [2.45, 2.75) is 4.90 Å². The standard InChI is InChI=1S/C23H21Cl2N5O3S2/c1-34-18-9-4-3-6-14(18)20-15-10-11-19(31)30(21-16(24)7-5-8-17(21)25)22(15)29-23(28-20)26-12-13-27-35(2,32)33/h3-11,27H,12-13H2,1-2H3,(H,26,28,29). The van der Waals surface area contributed by atoms with E-state index in [4.69, 9.17) is 28.2 Å². The molecule has 0 aliphatic heterocycles. The number of benzene rings is 2. The number of sulfonamides is 1. The minimum Gasteiger partial charge on any atom is -0.353 e. The summed E-state index contributed by atoms with van der Waals surface area (Å²) >= 11 is 14.5. The van der Waals surface area contributed by atoms with Gasteiger partial charge in [0.25, 0.3) is 5.56 Å². The summed E-state index contributed by atoms with van der Waals surface area (Å²) in [7, 11) is -3.34. The molecular formula is C23H21Cl2N5O3S2. The number of pyridine rings is 1. The van der Waals surface area contributed by atoms with Crippen LogP contribution in [0.25, 0.3) is 28.0 Å². The third-order valence-electron chi connectivity index (χ3n) is 5.05. The Morgan fingerprint density at radius 2 is 1.69 bits per heavy atom. The summed E-state index contributed by atoms with van der Waals surface area (Å²) in [6.07, 6.45) is 3.06. The van der Waals surface area contributed by atoms with Gasteiger partial charge >= 0.3 is 0 Å². The fourth-order valence-corrected chi connectivity index (χ4v) is 5.21. The number of para-hydroxylation sites is 1. The van der Waals surface area contributed by atoms with Crippen molar-refractivity contribution in [3.8, 4) is 16.9 Å². The first kappa shape index (κ1) is 25.5. The smallest absolute Gasteiger partial charge is 0.256 e. The summed E-state index contributed by atoms with van der Waals surface area (Å²) in [5.41, 5.74) is 1.74. The van der Waals surface area contributed by atoms with Crippen LogP contribution in [0.3, 0.4) is 0 Å². The van der Waals surface area contributed by atoms with E-state index in [0.717, 1.165) is 16.7 Å². The van der Waals surface area contributed by atoms with E-state index >= 15 is 0 Å². The molecule has 8 nitrogen and oxygen atoms in total. The largest absolute Gasteiger partial charge is 0.353 e. The molecule has 12 heteroatoms. The second kappa shape index (κ2) is 10.5. The van der Waals surface area contributed by atoms with Gasteiger partial charge in [0.1, 0.15) is 0 Å². The third-order valence-corrected chi connectivity index (χ3v) is 7.18. The molecule has 2 heterocycles. The molecule has 182 valence electrons. The molecule has 0 unspecified atom stereocenters. The van der Waals surface area contributed by atoms with Gasteiger partial charge < -0.3 is 5.32 Å². The minimum atomic E-state index is -3.34. The van der Waals surface area contributed by atoms with Crippen LogP contribution in [0.15, 0.2) is 64.3 Å². The average molecular weight is 550 g/mol. The molecule has 0 spiro atoms. The summed E-state index contributed by atoms with van der Waals surface area (Å²) < 4.78 is 26.6. The molecule has 0 fully saturated rings. The molecule has 2 aromatic heterocycles. The molecule has 0 saturated heterocycles. The number of hydrogen-bond acceptors (Lipinski definition) is 7. The number of fused-ring (bicyclic) bond motifs is 1. The quantitative estimate of drug-likeness (QED) is 0.247. The Hall–Kier alpha value is -2.63. The van der Waals surface area contributed by atoms with Gasteiger partial charge in [-0.05, 0) is 30.5 Å². The van der Waals surface area contributed by atoms with Crippen LogP contribution >= 0.6 is 35.0 Å². The van der Waals surface area contributed by atoms with Gasteiger partial charge in [0, 0.05) is 35.0 Å². The van der Waals surface area contributed by atoms with E-state index in [9.17, 15) is 13.2 Å². The number of nitrogens with zero attached hydrogens (tertiary/aromatic N) is 3. The van der Waals surface area contributed by atoms with Gasteiger partial charge in [0.15, 0.2) is 5.65 Å². The minimum absolute atomic E-state index is 0.134. The first-order valence-electron chi connectivity index (χ1n) is 10.4. The zero-order chi connectivity index (χ0) is 25.2. The summed E-state index contributed by atoms with van der Waals surface area (Å²) in [6.45, 7) is 0.362. The van der Waals surface area contributed by atoms with Gasteiger partial charge in [-0.3, -0.25) is 9.36 Å². The Labute approximate surface area is 216 Å². The van der Waals surface area contributed by atoms with Gasteiger partial charge in [-0.1, -0.05) is 47.5 Å². The third kappa shape index (κ3) is 5.62. The molecule has 35 heavy (non-hydrogen) atoms. The summed E-state index contributed by atoms with van der Waals surface area (Å²) in [5.74, 6) is 0.223. The van der Waals surface area contributed by atoms with E-state index in [2.05, 4.69) is 15.0 Å². The van der Waals surface area contributed by atoms with Crippen molar-refractivity contribution in [3.05, 3.63) is 75.0 Å². The van der Waals surface area contributed by atoms with Gasteiger partial charge in [0.05, 0.1) is 27.7 Å². The molecule has 2 N–H and O–H groups in total. The number of anilines is 1. The second-order valence-corrected chi connectivity index (χ2v) is 11.0. The van der Waals surface area contributed by atoms with Crippen molar-refractivity contribution in [2.75, 3.05) is 30.9 Å². The number of nitrogens with one attached hydrogen (secondary N) is 2. The van der Waals surface area contributed by atoms with Crippen LogP contribution in [-0.4, -0.2) is 48.6 Å². The molecule has 0 aliphatic rings. The monoisotopic (exact) mass is 549 g/mol. The normalized spacial score (nSPS) is 11.7. The van der Waals surface area contributed by atoms with Crippen LogP contribution in [0.4, 0.5) is 5.95 Å². The maximum atomic E-state index is 13.1. The molecule has 2 aromatic carbocycles. The summed E-state index contributed by atoms with van der Waals surface area (Å²) in [5, 5.41) is 4.26. The van der Waals surface area contributed by atoms with Crippen LogP contribution in [0, 0.1) is 0 Å². The molecule has 0 atom stereocenters. The van der Waals surface area contributed by atoms with Crippen LogP contribution in [0.5, 0.6) is 0 Å². The van der Waals surface area contributed by atoms with E-state index in [1.807, 2.05) is 30.5 Å². The maximum Gasteiger partial charge on any atom is 0.256 e. The fourth-order valence-electron chi connectivity index (χ4n) is 3.57. The van der Waals surface area contributed by atoms with Crippen molar-refractivity contribution >= 4 is 62.0 Å². The molecular weight excluding hydrogens is 529 g/mol. The van der Waals surface area contributed by atoms with Crippen molar-refractivity contribution in [1.82, 2.24) is 19.3 Å². The zero-order valence-corrected chi connectivity index (χ0v) is 21.9. The number of halogens is 2. The molecule has 0 aliphatic carbocycles. The highest BCUT2D eigenvalue weighted by atomic mass is 35.5. The van der Waals surface area contributed by atoms with E-state index in [0.29, 0.717) is 32.5 Å². The van der Waals surface area contributed by atoms with Crippen molar-refractivity contribution in [2.24, 2.45) is 0 Å². The van der Waals surface area contributed by atoms with Crippen LogP contribution < -0.4 is 15.6 Å². The first-order chi connectivity index (χ1) is 16.7. The predicted octanol–water partition coefficient (Wildman–Crippen LogP) is 4.44. The second-order valence-electron chi connectivity index (χ2n) is 7.50. The van der Waals surface area contributed by atoms with Crippen LogP contribution in [0.1, 0.15) is 0 Å². The fraction of sp³-hybridized carbons (Fsp3) is 0.174. The van der Waals surface area contributed by atoms with Crippen LogP contribution in [0.2, 0.25) is 10.0 Å². The lowest BCUT2D eigenvalue weighted by molar-refractivity contribution is 0.589. The maximum absolute atomic E-state index is 13.1. The van der Waals surface area contributed by atoms with Gasteiger partial charge in [-0.2, -0.15) is 4.98 Å². The van der Waals surface area contributed by atoms with Crippen molar-refractivity contribution < 1.29 is 8.42 Å². The van der Waals surface area contributed by atoms with E-state index < -0.39 is 10.0 Å². The Bertz CT molecular complexity index is 1560. The highest BCUT2D eigenvalue weighted by Gasteiger charge is 2.19. The van der Waals surface area contributed by atoms with Crippen molar-refractivity contribution in [3.63, 3.8) is 0 Å². The van der Waals surface area contributed by atoms with Crippen molar-refractivity contribution in [1.29, 1.82) is 0 Å². The molecule has 0 amide bonds. The zero-order valence-electron chi connectivity index (χ0n) is 18.7. The summed E-state index contributed by atoms with van der Waals surface area (Å²) in [4.78, 5) is 23.4. The number of thioether (sulfide) groups is 1. The average Bonchev–Trinajstić information content (AvgIpc) is 2.82. The highest BCUT2D eigenvalue weighted by molar-refractivity contribution is 7.98. The van der Waals surface area contributed by atoms with E-state index in [1.165, 1.54) is 10.6 Å². The lowest BCUT2D eigenvalue weighted by Gasteiger charge is -2.17. The van der Waals surface area contributed by atoms with Gasteiger partial charge in [0.2, 0.25) is 16.0 Å².